The molecule has 0 aromatic heterocycles. The van der Waals surface area contributed by atoms with E-state index in [1.165, 1.54) is 0 Å². The van der Waals surface area contributed by atoms with Crippen LogP contribution in [0.5, 0.6) is 0 Å². The Labute approximate surface area is 67.1 Å². The molecule has 0 atom stereocenters. The fraction of sp³-hybridized carbons (Fsp3) is 1.00. The zero-order chi connectivity index (χ0) is 9.24. The lowest BCUT2D eigenvalue weighted by atomic mass is 10.1. The largest absolute Gasteiger partial charge is 0.421 e. The fourth-order valence-corrected chi connectivity index (χ4v) is 0.805. The standard InChI is InChI=1S/C6H9F3O3/c7-6(8,9)5(10)3-11-1-2-12-4-5/h10H,1-4H2. The van der Waals surface area contributed by atoms with Gasteiger partial charge in [0.25, 0.3) is 0 Å². The van der Waals surface area contributed by atoms with Crippen molar-refractivity contribution in [3.05, 3.63) is 0 Å². The molecule has 3 nitrogen and oxygen atoms in total. The monoisotopic (exact) mass is 186 g/mol. The molecule has 12 heavy (non-hydrogen) atoms. The van der Waals surface area contributed by atoms with Gasteiger partial charge in [0.15, 0.2) is 0 Å². The predicted octanol–water partition coefficient (Wildman–Crippen LogP) is 0.327. The van der Waals surface area contributed by atoms with Gasteiger partial charge in [-0.2, -0.15) is 13.2 Å². The third-order valence-corrected chi connectivity index (χ3v) is 1.58. The van der Waals surface area contributed by atoms with Gasteiger partial charge in [0.05, 0.1) is 26.4 Å². The number of hydrogen-bond acceptors (Lipinski definition) is 3. The van der Waals surface area contributed by atoms with Gasteiger partial charge in [-0.1, -0.05) is 0 Å². The average Bonchev–Trinajstić information content (AvgIpc) is 2.12. The van der Waals surface area contributed by atoms with Crippen molar-refractivity contribution in [2.45, 2.75) is 11.8 Å². The Bertz CT molecular complexity index is 149. The van der Waals surface area contributed by atoms with Crippen LogP contribution in [-0.4, -0.2) is 43.3 Å². The molecule has 0 amide bonds. The fourth-order valence-electron chi connectivity index (χ4n) is 0.805. The molecule has 0 aromatic carbocycles. The van der Waals surface area contributed by atoms with Crippen LogP contribution in [0.15, 0.2) is 0 Å². The Morgan fingerprint density at radius 2 is 1.50 bits per heavy atom. The first kappa shape index (κ1) is 9.76. The minimum atomic E-state index is -4.70. The third-order valence-electron chi connectivity index (χ3n) is 1.58. The van der Waals surface area contributed by atoms with E-state index in [1.54, 1.807) is 0 Å². The average molecular weight is 186 g/mol. The summed E-state index contributed by atoms with van der Waals surface area (Å²) >= 11 is 0. The highest BCUT2D eigenvalue weighted by atomic mass is 19.4. The Morgan fingerprint density at radius 3 is 1.83 bits per heavy atom. The maximum Gasteiger partial charge on any atom is 0.421 e. The van der Waals surface area contributed by atoms with E-state index in [1.807, 2.05) is 0 Å². The van der Waals surface area contributed by atoms with Gasteiger partial charge < -0.3 is 14.6 Å². The maximum absolute atomic E-state index is 12.1. The van der Waals surface area contributed by atoms with Crippen molar-refractivity contribution in [1.29, 1.82) is 0 Å². The van der Waals surface area contributed by atoms with Crippen LogP contribution in [0.3, 0.4) is 0 Å². The van der Waals surface area contributed by atoms with Crippen molar-refractivity contribution >= 4 is 0 Å². The van der Waals surface area contributed by atoms with Gasteiger partial charge in [-0.3, -0.25) is 0 Å². The van der Waals surface area contributed by atoms with E-state index < -0.39 is 25.0 Å². The molecular weight excluding hydrogens is 177 g/mol. The Hall–Kier alpha value is -0.330. The Balaban J connectivity index is 2.67. The quantitative estimate of drug-likeness (QED) is 0.592. The first-order valence-electron chi connectivity index (χ1n) is 3.40. The first-order valence-corrected chi connectivity index (χ1v) is 3.40. The van der Waals surface area contributed by atoms with E-state index in [9.17, 15) is 13.2 Å². The summed E-state index contributed by atoms with van der Waals surface area (Å²) in [6, 6.07) is 0. The second-order valence-electron chi connectivity index (χ2n) is 2.63. The molecule has 0 spiro atoms. The topological polar surface area (TPSA) is 38.7 Å². The summed E-state index contributed by atoms with van der Waals surface area (Å²) in [5, 5.41) is 9.01. The summed E-state index contributed by atoms with van der Waals surface area (Å²) in [5.74, 6) is 0. The second-order valence-corrected chi connectivity index (χ2v) is 2.63. The van der Waals surface area contributed by atoms with Gasteiger partial charge in [-0.05, 0) is 0 Å². The highest BCUT2D eigenvalue weighted by molar-refractivity contribution is 4.87. The lowest BCUT2D eigenvalue weighted by Gasteiger charge is -2.27. The zero-order valence-electron chi connectivity index (χ0n) is 6.23. The molecule has 1 aliphatic rings. The number of rotatable bonds is 0. The van der Waals surface area contributed by atoms with E-state index in [4.69, 9.17) is 5.11 Å². The molecule has 0 saturated carbocycles. The molecule has 0 aliphatic carbocycles. The van der Waals surface area contributed by atoms with Crippen LogP contribution in [-0.2, 0) is 9.47 Å². The van der Waals surface area contributed by atoms with Crippen molar-refractivity contribution in [3.8, 4) is 0 Å². The molecule has 1 aliphatic heterocycles. The molecule has 0 unspecified atom stereocenters. The van der Waals surface area contributed by atoms with Crippen molar-refractivity contribution < 1.29 is 27.8 Å². The van der Waals surface area contributed by atoms with Crippen LogP contribution >= 0.6 is 0 Å². The summed E-state index contributed by atoms with van der Waals surface area (Å²) in [4.78, 5) is 0. The zero-order valence-corrected chi connectivity index (χ0v) is 6.23. The van der Waals surface area contributed by atoms with Crippen molar-refractivity contribution in [1.82, 2.24) is 0 Å². The van der Waals surface area contributed by atoms with Crippen LogP contribution in [0, 0.1) is 0 Å². The molecule has 0 radical (unpaired) electrons. The summed E-state index contributed by atoms with van der Waals surface area (Å²) < 4.78 is 45.4. The smallest absolute Gasteiger partial charge is 0.377 e. The SMILES string of the molecule is OC1(C(F)(F)F)COCCOC1. The number of alkyl halides is 3. The molecule has 72 valence electrons. The van der Waals surface area contributed by atoms with Crippen molar-refractivity contribution in [2.75, 3.05) is 26.4 Å². The molecule has 1 N–H and O–H groups in total. The highest BCUT2D eigenvalue weighted by Gasteiger charge is 2.54. The van der Waals surface area contributed by atoms with Gasteiger partial charge in [-0.15, -0.1) is 0 Å². The molecule has 6 heteroatoms. The lowest BCUT2D eigenvalue weighted by Crippen LogP contribution is -2.51. The molecule has 1 heterocycles. The molecule has 1 fully saturated rings. The third kappa shape index (κ3) is 1.88. The minimum Gasteiger partial charge on any atom is -0.377 e. The van der Waals surface area contributed by atoms with Gasteiger partial charge in [0, 0.05) is 0 Å². The number of aliphatic hydroxyl groups is 1. The normalized spacial score (nSPS) is 25.0. The van der Waals surface area contributed by atoms with Gasteiger partial charge in [0.1, 0.15) is 0 Å². The minimum absolute atomic E-state index is 0.0817. The molecule has 1 rings (SSSR count). The predicted molar refractivity (Wildman–Crippen MR) is 32.6 cm³/mol. The van der Waals surface area contributed by atoms with Crippen LogP contribution in [0.25, 0.3) is 0 Å². The van der Waals surface area contributed by atoms with E-state index in [2.05, 4.69) is 9.47 Å². The number of ether oxygens (including phenoxy) is 2. The molecular formula is C6H9F3O3. The van der Waals surface area contributed by atoms with Crippen LogP contribution in [0.1, 0.15) is 0 Å². The van der Waals surface area contributed by atoms with E-state index in [0.29, 0.717) is 0 Å². The Morgan fingerprint density at radius 1 is 1.08 bits per heavy atom. The number of hydrogen-bond donors (Lipinski definition) is 1. The molecule has 0 bridgehead atoms. The van der Waals surface area contributed by atoms with E-state index in [0.717, 1.165) is 0 Å². The van der Waals surface area contributed by atoms with Crippen LogP contribution < -0.4 is 0 Å². The maximum atomic E-state index is 12.1. The van der Waals surface area contributed by atoms with E-state index >= 15 is 0 Å². The first-order chi connectivity index (χ1) is 5.46. The molecule has 1 saturated heterocycles. The van der Waals surface area contributed by atoms with Gasteiger partial charge in [-0.25, -0.2) is 0 Å². The van der Waals surface area contributed by atoms with Gasteiger partial charge in [0.2, 0.25) is 5.60 Å². The Kier molecular flexibility index (Phi) is 2.60. The summed E-state index contributed by atoms with van der Waals surface area (Å²) in [6.45, 7) is -1.34. The summed E-state index contributed by atoms with van der Waals surface area (Å²) in [6.07, 6.45) is -4.70. The summed E-state index contributed by atoms with van der Waals surface area (Å²) in [5.41, 5.74) is -2.84. The van der Waals surface area contributed by atoms with Crippen LogP contribution in [0.2, 0.25) is 0 Å². The van der Waals surface area contributed by atoms with E-state index in [-0.39, 0.29) is 13.2 Å². The van der Waals surface area contributed by atoms with Crippen LogP contribution in [0.4, 0.5) is 13.2 Å². The number of halogens is 3. The van der Waals surface area contributed by atoms with Crippen molar-refractivity contribution in [2.24, 2.45) is 0 Å². The summed E-state index contributed by atoms with van der Waals surface area (Å²) in [7, 11) is 0. The van der Waals surface area contributed by atoms with Crippen molar-refractivity contribution in [3.63, 3.8) is 0 Å². The highest BCUT2D eigenvalue weighted by Crippen LogP contribution is 2.31. The second kappa shape index (κ2) is 3.20. The molecule has 0 aromatic rings. The lowest BCUT2D eigenvalue weighted by molar-refractivity contribution is -0.280. The van der Waals surface area contributed by atoms with Gasteiger partial charge >= 0.3 is 6.18 Å².